The van der Waals surface area contributed by atoms with Gasteiger partial charge in [-0.1, -0.05) is 6.92 Å². The number of nitrogens with one attached hydrogen (secondary N) is 1. The Morgan fingerprint density at radius 2 is 2.30 bits per heavy atom. The van der Waals surface area contributed by atoms with E-state index in [1.807, 2.05) is 0 Å². The van der Waals surface area contributed by atoms with Crippen LogP contribution in [0, 0.1) is 5.92 Å². The van der Waals surface area contributed by atoms with Crippen LogP contribution in [-0.4, -0.2) is 34.7 Å². The first-order valence-electron chi connectivity index (χ1n) is 8.31. The Kier molecular flexibility index (Phi) is 4.66. The molecule has 7 heteroatoms. The first kappa shape index (κ1) is 16.0. The molecule has 1 amide bonds. The molecule has 7 nitrogen and oxygen atoms in total. The number of rotatable bonds is 4. The van der Waals surface area contributed by atoms with Gasteiger partial charge in [0.15, 0.2) is 0 Å². The van der Waals surface area contributed by atoms with E-state index < -0.39 is 0 Å². The van der Waals surface area contributed by atoms with Crippen LogP contribution in [0.1, 0.15) is 37.4 Å². The number of carbonyl (C=O) groups is 1. The summed E-state index contributed by atoms with van der Waals surface area (Å²) in [5.74, 6) is 0.398. The van der Waals surface area contributed by atoms with Gasteiger partial charge in [-0.15, -0.1) is 0 Å². The first-order valence-corrected chi connectivity index (χ1v) is 8.31. The molecule has 2 heterocycles. The van der Waals surface area contributed by atoms with Gasteiger partial charge in [0.2, 0.25) is 11.9 Å². The standard InChI is InChI=1S/C16H24N4O3/c1-10-4-5-12-13(7-10)19-16(17)20(15(12)22)9-14(21)18-8-11-3-2-6-23-11/h10-11H,2-9H2,1H3,(H2,17,19)(H,18,21). The SMILES string of the molecule is CC1CCc2c(nc(N)n(CC(=O)NCC3CCCO3)c2=O)C1. The van der Waals surface area contributed by atoms with Crippen LogP contribution in [0.5, 0.6) is 0 Å². The molecular weight excluding hydrogens is 296 g/mol. The number of anilines is 1. The van der Waals surface area contributed by atoms with Crippen LogP contribution in [0.4, 0.5) is 5.95 Å². The lowest BCUT2D eigenvalue weighted by Gasteiger charge is -2.22. The van der Waals surface area contributed by atoms with Crippen molar-refractivity contribution in [2.75, 3.05) is 18.9 Å². The van der Waals surface area contributed by atoms with Crippen LogP contribution < -0.4 is 16.6 Å². The quantitative estimate of drug-likeness (QED) is 0.828. The van der Waals surface area contributed by atoms with Crippen molar-refractivity contribution in [3.8, 4) is 0 Å². The number of ether oxygens (including phenoxy) is 1. The Hall–Kier alpha value is -1.89. The molecule has 3 N–H and O–H groups in total. The molecule has 0 spiro atoms. The second kappa shape index (κ2) is 6.70. The zero-order valence-corrected chi connectivity index (χ0v) is 13.5. The van der Waals surface area contributed by atoms with Gasteiger partial charge in [-0.2, -0.15) is 0 Å². The number of carbonyl (C=O) groups excluding carboxylic acids is 1. The molecule has 0 aromatic carbocycles. The minimum atomic E-state index is -0.236. The third kappa shape index (κ3) is 3.55. The molecule has 3 rings (SSSR count). The van der Waals surface area contributed by atoms with Crippen LogP contribution >= 0.6 is 0 Å². The van der Waals surface area contributed by atoms with Gasteiger partial charge in [0.1, 0.15) is 6.54 Å². The predicted octanol–water partition coefficient (Wildman–Crippen LogP) is 0.246. The van der Waals surface area contributed by atoms with Gasteiger partial charge in [0, 0.05) is 18.7 Å². The van der Waals surface area contributed by atoms with Crippen molar-refractivity contribution in [2.45, 2.75) is 51.7 Å². The summed E-state index contributed by atoms with van der Waals surface area (Å²) in [6, 6.07) is 0. The number of fused-ring (bicyclic) bond motifs is 1. The van der Waals surface area contributed by atoms with Gasteiger partial charge in [-0.05, 0) is 38.0 Å². The van der Waals surface area contributed by atoms with Crippen LogP contribution in [0.2, 0.25) is 0 Å². The second-order valence-corrected chi connectivity index (χ2v) is 6.57. The van der Waals surface area contributed by atoms with E-state index in [9.17, 15) is 9.59 Å². The minimum absolute atomic E-state index is 0.0798. The van der Waals surface area contributed by atoms with Crippen molar-refractivity contribution in [3.63, 3.8) is 0 Å². The number of hydrogen-bond donors (Lipinski definition) is 2. The second-order valence-electron chi connectivity index (χ2n) is 6.57. The topological polar surface area (TPSA) is 99.2 Å². The van der Waals surface area contributed by atoms with Crippen molar-refractivity contribution in [1.29, 1.82) is 0 Å². The Labute approximate surface area is 135 Å². The maximum atomic E-state index is 12.6. The van der Waals surface area contributed by atoms with Gasteiger partial charge in [0.25, 0.3) is 5.56 Å². The molecule has 0 saturated carbocycles. The van der Waals surface area contributed by atoms with Crippen LogP contribution in [0.25, 0.3) is 0 Å². The van der Waals surface area contributed by atoms with Gasteiger partial charge in [0.05, 0.1) is 11.8 Å². The summed E-state index contributed by atoms with van der Waals surface area (Å²) in [5.41, 5.74) is 7.24. The summed E-state index contributed by atoms with van der Waals surface area (Å²) in [6.45, 7) is 3.28. The fourth-order valence-corrected chi connectivity index (χ4v) is 3.28. The molecule has 1 saturated heterocycles. The number of amides is 1. The molecule has 0 radical (unpaired) electrons. The van der Waals surface area contributed by atoms with Crippen molar-refractivity contribution in [3.05, 3.63) is 21.6 Å². The molecule has 2 atom stereocenters. The molecule has 1 aliphatic heterocycles. The van der Waals surface area contributed by atoms with Crippen molar-refractivity contribution >= 4 is 11.9 Å². The summed E-state index contributed by atoms with van der Waals surface area (Å²) in [6.07, 6.45) is 4.53. The molecule has 1 aromatic heterocycles. The van der Waals surface area contributed by atoms with Gasteiger partial charge in [-0.3, -0.25) is 14.2 Å². The molecule has 2 unspecified atom stereocenters. The summed E-state index contributed by atoms with van der Waals surface area (Å²) < 4.78 is 6.74. The lowest BCUT2D eigenvalue weighted by Crippen LogP contribution is -2.39. The third-order valence-electron chi connectivity index (χ3n) is 4.66. The number of nitrogens with zero attached hydrogens (tertiary/aromatic N) is 2. The van der Waals surface area contributed by atoms with E-state index >= 15 is 0 Å². The predicted molar refractivity (Wildman–Crippen MR) is 86.1 cm³/mol. The van der Waals surface area contributed by atoms with E-state index in [4.69, 9.17) is 10.5 Å². The van der Waals surface area contributed by atoms with Gasteiger partial charge < -0.3 is 15.8 Å². The molecule has 1 aromatic rings. The van der Waals surface area contributed by atoms with Crippen LogP contribution in [0.15, 0.2) is 4.79 Å². The molecule has 126 valence electrons. The van der Waals surface area contributed by atoms with E-state index in [1.165, 1.54) is 4.57 Å². The highest BCUT2D eigenvalue weighted by atomic mass is 16.5. The summed E-state index contributed by atoms with van der Waals surface area (Å²) in [5, 5.41) is 2.81. The number of nitrogens with two attached hydrogens (primary N) is 1. The largest absolute Gasteiger partial charge is 0.376 e. The highest BCUT2D eigenvalue weighted by Gasteiger charge is 2.23. The fraction of sp³-hybridized carbons (Fsp3) is 0.688. The Bertz CT molecular complexity index is 649. The maximum Gasteiger partial charge on any atom is 0.258 e. The van der Waals surface area contributed by atoms with Gasteiger partial charge >= 0.3 is 0 Å². The molecule has 0 bridgehead atoms. The average molecular weight is 320 g/mol. The fourth-order valence-electron chi connectivity index (χ4n) is 3.28. The number of hydrogen-bond acceptors (Lipinski definition) is 5. The van der Waals surface area contributed by atoms with Gasteiger partial charge in [-0.25, -0.2) is 4.98 Å². The summed E-state index contributed by atoms with van der Waals surface area (Å²) >= 11 is 0. The van der Waals surface area contributed by atoms with E-state index in [1.54, 1.807) is 0 Å². The maximum absolute atomic E-state index is 12.6. The van der Waals surface area contributed by atoms with Crippen molar-refractivity contribution in [2.24, 2.45) is 5.92 Å². The number of nitrogen functional groups attached to an aromatic ring is 1. The minimum Gasteiger partial charge on any atom is -0.376 e. The van der Waals surface area contributed by atoms with E-state index in [0.717, 1.165) is 38.0 Å². The third-order valence-corrected chi connectivity index (χ3v) is 4.66. The molecule has 1 aliphatic carbocycles. The van der Waals surface area contributed by atoms with Crippen molar-refractivity contribution in [1.82, 2.24) is 14.9 Å². The van der Waals surface area contributed by atoms with Crippen LogP contribution in [0.3, 0.4) is 0 Å². The Morgan fingerprint density at radius 3 is 3.04 bits per heavy atom. The van der Waals surface area contributed by atoms with Crippen molar-refractivity contribution < 1.29 is 9.53 Å². The molecule has 1 fully saturated rings. The molecular formula is C16H24N4O3. The summed E-state index contributed by atoms with van der Waals surface area (Å²) in [7, 11) is 0. The Morgan fingerprint density at radius 1 is 1.48 bits per heavy atom. The average Bonchev–Trinajstić information content (AvgIpc) is 3.02. The molecule has 23 heavy (non-hydrogen) atoms. The smallest absolute Gasteiger partial charge is 0.258 e. The van der Waals surface area contributed by atoms with E-state index in [-0.39, 0.29) is 30.1 Å². The lowest BCUT2D eigenvalue weighted by molar-refractivity contribution is -0.122. The van der Waals surface area contributed by atoms with E-state index in [2.05, 4.69) is 17.2 Å². The molecule has 2 aliphatic rings. The Balaban J connectivity index is 1.70. The number of aromatic nitrogens is 2. The monoisotopic (exact) mass is 320 g/mol. The first-order chi connectivity index (χ1) is 11.0. The lowest BCUT2D eigenvalue weighted by atomic mass is 9.89. The normalized spacial score (nSPS) is 23.5. The summed E-state index contributed by atoms with van der Waals surface area (Å²) in [4.78, 5) is 29.0. The van der Waals surface area contributed by atoms with E-state index in [0.29, 0.717) is 24.4 Å². The zero-order chi connectivity index (χ0) is 16.4. The zero-order valence-electron chi connectivity index (χ0n) is 13.5. The van der Waals surface area contributed by atoms with Crippen LogP contribution in [-0.2, 0) is 28.9 Å². The highest BCUT2D eigenvalue weighted by molar-refractivity contribution is 5.76. The highest BCUT2D eigenvalue weighted by Crippen LogP contribution is 2.22.